The van der Waals surface area contributed by atoms with Gasteiger partial charge in [0, 0.05) is 11.3 Å². The number of aromatic amines is 1. The van der Waals surface area contributed by atoms with E-state index in [0.29, 0.717) is 5.69 Å². The van der Waals surface area contributed by atoms with Crippen molar-refractivity contribution in [2.45, 2.75) is 13.8 Å². The zero-order valence-corrected chi connectivity index (χ0v) is 14.6. The molecule has 0 aliphatic rings. The number of nitrogens with one attached hydrogen (secondary N) is 2. The fourth-order valence-corrected chi connectivity index (χ4v) is 2.84. The Hall–Kier alpha value is -3.47. The number of benzene rings is 2. The van der Waals surface area contributed by atoms with Gasteiger partial charge in [-0.15, -0.1) is 0 Å². The van der Waals surface area contributed by atoms with E-state index >= 15 is 0 Å². The Morgan fingerprint density at radius 1 is 1.00 bits per heavy atom. The van der Waals surface area contributed by atoms with Crippen molar-refractivity contribution in [1.29, 1.82) is 0 Å². The fourth-order valence-electron chi connectivity index (χ4n) is 2.84. The monoisotopic (exact) mass is 342 g/mol. The maximum absolute atomic E-state index is 12.7. The molecule has 2 aromatic carbocycles. The average Bonchev–Trinajstić information content (AvgIpc) is 3.11. The predicted octanol–water partition coefficient (Wildman–Crippen LogP) is 4.49. The molecule has 4 aromatic rings. The number of imidazole rings is 1. The highest BCUT2D eigenvalue weighted by Gasteiger charge is 2.13. The minimum absolute atomic E-state index is 0.212. The first-order valence-electron chi connectivity index (χ1n) is 8.39. The number of nitrogens with zero attached hydrogens (tertiary/aromatic N) is 2. The summed E-state index contributed by atoms with van der Waals surface area (Å²) in [4.78, 5) is 24.6. The minimum atomic E-state index is -0.212. The lowest BCUT2D eigenvalue weighted by molar-refractivity contribution is 0.102. The molecule has 0 fully saturated rings. The summed E-state index contributed by atoms with van der Waals surface area (Å²) in [7, 11) is 0. The third-order valence-electron chi connectivity index (χ3n) is 4.34. The number of rotatable bonds is 3. The zero-order valence-electron chi connectivity index (χ0n) is 14.6. The summed E-state index contributed by atoms with van der Waals surface area (Å²) in [6, 6.07) is 17.4. The van der Waals surface area contributed by atoms with E-state index in [4.69, 9.17) is 0 Å². The molecule has 0 atom stereocenters. The first-order chi connectivity index (χ1) is 12.6. The van der Waals surface area contributed by atoms with Crippen LogP contribution in [0.4, 0.5) is 5.69 Å². The SMILES string of the molecule is Cc1ccc(NC(=O)c2nc(-c3ccc4nc[nH]c4c3)ccc2C)cc1. The van der Waals surface area contributed by atoms with Gasteiger partial charge in [0.1, 0.15) is 5.69 Å². The summed E-state index contributed by atoms with van der Waals surface area (Å²) in [5.74, 6) is -0.212. The number of hydrogen-bond donors (Lipinski definition) is 2. The number of anilines is 1. The molecule has 0 spiro atoms. The molecule has 2 aromatic heterocycles. The summed E-state index contributed by atoms with van der Waals surface area (Å²) in [5.41, 5.74) is 6.69. The maximum atomic E-state index is 12.7. The van der Waals surface area contributed by atoms with Gasteiger partial charge in [-0.2, -0.15) is 0 Å². The van der Waals surface area contributed by atoms with Gasteiger partial charge in [-0.25, -0.2) is 9.97 Å². The van der Waals surface area contributed by atoms with E-state index in [2.05, 4.69) is 20.3 Å². The number of aryl methyl sites for hydroxylation is 2. The van der Waals surface area contributed by atoms with Gasteiger partial charge in [0.25, 0.3) is 5.91 Å². The summed E-state index contributed by atoms with van der Waals surface area (Å²) >= 11 is 0. The fraction of sp³-hybridized carbons (Fsp3) is 0.0952. The lowest BCUT2D eigenvalue weighted by Crippen LogP contribution is -2.15. The molecule has 0 radical (unpaired) electrons. The summed E-state index contributed by atoms with van der Waals surface area (Å²) in [5, 5.41) is 2.91. The summed E-state index contributed by atoms with van der Waals surface area (Å²) in [6.45, 7) is 3.90. The first-order valence-corrected chi connectivity index (χ1v) is 8.39. The number of amides is 1. The largest absolute Gasteiger partial charge is 0.345 e. The van der Waals surface area contributed by atoms with E-state index in [0.717, 1.165) is 39.1 Å². The second kappa shape index (κ2) is 6.44. The molecule has 5 nitrogen and oxygen atoms in total. The van der Waals surface area contributed by atoms with Gasteiger partial charge in [-0.05, 0) is 49.7 Å². The summed E-state index contributed by atoms with van der Waals surface area (Å²) < 4.78 is 0. The van der Waals surface area contributed by atoms with Crippen molar-refractivity contribution in [3.05, 3.63) is 77.7 Å². The van der Waals surface area contributed by atoms with Gasteiger partial charge >= 0.3 is 0 Å². The number of hydrogen-bond acceptors (Lipinski definition) is 3. The number of carbonyl (C=O) groups is 1. The second-order valence-electron chi connectivity index (χ2n) is 6.32. The van der Waals surface area contributed by atoms with Gasteiger partial charge in [-0.3, -0.25) is 4.79 Å². The molecule has 26 heavy (non-hydrogen) atoms. The van der Waals surface area contributed by atoms with Crippen molar-refractivity contribution in [3.8, 4) is 11.3 Å². The zero-order chi connectivity index (χ0) is 18.1. The van der Waals surface area contributed by atoms with Crippen LogP contribution in [0.2, 0.25) is 0 Å². The van der Waals surface area contributed by atoms with Crippen LogP contribution in [0, 0.1) is 13.8 Å². The molecule has 2 heterocycles. The van der Waals surface area contributed by atoms with E-state index in [1.807, 2.05) is 68.4 Å². The maximum Gasteiger partial charge on any atom is 0.274 e. The highest BCUT2D eigenvalue weighted by atomic mass is 16.1. The predicted molar refractivity (Wildman–Crippen MR) is 103 cm³/mol. The molecule has 0 saturated heterocycles. The van der Waals surface area contributed by atoms with Crippen LogP contribution in [0.3, 0.4) is 0 Å². The van der Waals surface area contributed by atoms with E-state index in [1.165, 1.54) is 0 Å². The Balaban J connectivity index is 1.66. The van der Waals surface area contributed by atoms with Crippen LogP contribution in [0.15, 0.2) is 60.9 Å². The average molecular weight is 342 g/mol. The Bertz CT molecular complexity index is 1100. The van der Waals surface area contributed by atoms with Crippen LogP contribution in [0.1, 0.15) is 21.6 Å². The van der Waals surface area contributed by atoms with Crippen LogP contribution in [-0.4, -0.2) is 20.9 Å². The van der Waals surface area contributed by atoms with Crippen LogP contribution in [0.25, 0.3) is 22.3 Å². The van der Waals surface area contributed by atoms with Gasteiger partial charge < -0.3 is 10.3 Å². The normalized spacial score (nSPS) is 10.8. The second-order valence-corrected chi connectivity index (χ2v) is 6.32. The van der Waals surface area contributed by atoms with E-state index in [1.54, 1.807) is 6.33 Å². The van der Waals surface area contributed by atoms with Crippen molar-refractivity contribution in [2.24, 2.45) is 0 Å². The standard InChI is InChI=1S/C21H18N4O/c1-13-3-7-16(8-4-13)24-21(26)20-14(2)5-9-17(25-20)15-6-10-18-19(11-15)23-12-22-18/h3-12H,1-2H3,(H,22,23)(H,24,26). The lowest BCUT2D eigenvalue weighted by Gasteiger charge is -2.09. The molecule has 4 rings (SSSR count). The van der Waals surface area contributed by atoms with Gasteiger partial charge in [-0.1, -0.05) is 29.8 Å². The number of fused-ring (bicyclic) bond motifs is 1. The topological polar surface area (TPSA) is 70.7 Å². The first kappa shape index (κ1) is 16.0. The highest BCUT2D eigenvalue weighted by molar-refractivity contribution is 6.04. The van der Waals surface area contributed by atoms with Crippen molar-refractivity contribution in [3.63, 3.8) is 0 Å². The molecule has 2 N–H and O–H groups in total. The van der Waals surface area contributed by atoms with Crippen LogP contribution in [0.5, 0.6) is 0 Å². The van der Waals surface area contributed by atoms with Crippen molar-refractivity contribution < 1.29 is 4.79 Å². The Kier molecular flexibility index (Phi) is 3.97. The number of pyridine rings is 1. The number of H-pyrrole nitrogens is 1. The van der Waals surface area contributed by atoms with Crippen LogP contribution >= 0.6 is 0 Å². The van der Waals surface area contributed by atoms with Gasteiger partial charge in [0.15, 0.2) is 0 Å². The van der Waals surface area contributed by atoms with Gasteiger partial charge in [0.05, 0.1) is 23.1 Å². The Labute approximate surface area is 151 Å². The van der Waals surface area contributed by atoms with E-state index in [9.17, 15) is 4.79 Å². The van der Waals surface area contributed by atoms with Crippen molar-refractivity contribution >= 4 is 22.6 Å². The van der Waals surface area contributed by atoms with Gasteiger partial charge in [0.2, 0.25) is 0 Å². The Morgan fingerprint density at radius 2 is 1.81 bits per heavy atom. The van der Waals surface area contributed by atoms with Crippen LogP contribution in [-0.2, 0) is 0 Å². The Morgan fingerprint density at radius 3 is 2.62 bits per heavy atom. The van der Waals surface area contributed by atoms with Crippen molar-refractivity contribution in [1.82, 2.24) is 15.0 Å². The molecule has 0 aliphatic heterocycles. The van der Waals surface area contributed by atoms with E-state index < -0.39 is 0 Å². The van der Waals surface area contributed by atoms with E-state index in [-0.39, 0.29) is 5.91 Å². The third-order valence-corrected chi connectivity index (χ3v) is 4.34. The molecule has 0 saturated carbocycles. The minimum Gasteiger partial charge on any atom is -0.345 e. The molecule has 5 heteroatoms. The highest BCUT2D eigenvalue weighted by Crippen LogP contribution is 2.23. The summed E-state index contributed by atoms with van der Waals surface area (Å²) in [6.07, 6.45) is 1.66. The molecule has 0 unspecified atom stereocenters. The number of aromatic nitrogens is 3. The number of carbonyl (C=O) groups excluding carboxylic acids is 1. The molecule has 128 valence electrons. The third kappa shape index (κ3) is 3.07. The smallest absolute Gasteiger partial charge is 0.274 e. The van der Waals surface area contributed by atoms with Crippen LogP contribution < -0.4 is 5.32 Å². The molecule has 0 bridgehead atoms. The quantitative estimate of drug-likeness (QED) is 0.576. The molecular formula is C21H18N4O. The van der Waals surface area contributed by atoms with Crippen molar-refractivity contribution in [2.75, 3.05) is 5.32 Å². The molecule has 1 amide bonds. The molecular weight excluding hydrogens is 324 g/mol. The lowest BCUT2D eigenvalue weighted by atomic mass is 10.1. The molecule has 0 aliphatic carbocycles.